The smallest absolute Gasteiger partial charge is 0.344 e. The molecule has 0 aromatic heterocycles. The lowest BCUT2D eigenvalue weighted by Crippen LogP contribution is -2.43. The Bertz CT molecular complexity index is 1070. The summed E-state index contributed by atoms with van der Waals surface area (Å²) in [5.41, 5.74) is 2.77. The number of hydrogen-bond donors (Lipinski definition) is 1. The van der Waals surface area contributed by atoms with Crippen LogP contribution in [-0.2, 0) is 6.42 Å². The minimum absolute atomic E-state index is 0.0144. The lowest BCUT2D eigenvalue weighted by atomic mass is 10.00. The quantitative estimate of drug-likeness (QED) is 0.738. The Morgan fingerprint density at radius 1 is 1.18 bits per heavy atom. The molecule has 4 rings (SSSR count). The third-order valence-corrected chi connectivity index (χ3v) is 6.53. The maximum atomic E-state index is 15.0. The average molecular weight is 471 g/mol. The van der Waals surface area contributed by atoms with Crippen molar-refractivity contribution < 1.29 is 23.8 Å². The first-order chi connectivity index (χ1) is 16.3. The fourth-order valence-corrected chi connectivity index (χ4v) is 4.47. The van der Waals surface area contributed by atoms with Gasteiger partial charge in [0.15, 0.2) is 17.3 Å². The Morgan fingerprint density at radius 2 is 1.85 bits per heavy atom. The highest BCUT2D eigenvalue weighted by atomic mass is 19.1. The SMILES string of the molecule is COc1cc2c(c(F)c1OC)C=NN(C(=O)N(C)c1ccc(N3CCC(O)CC3)cc1)C(C)C2. The second-order valence-corrected chi connectivity index (χ2v) is 8.72. The molecule has 0 spiro atoms. The second kappa shape index (κ2) is 9.89. The molecule has 182 valence electrons. The lowest BCUT2D eigenvalue weighted by Gasteiger charge is -2.32. The molecule has 0 saturated carbocycles. The number of aliphatic hydroxyl groups is 1. The number of rotatable bonds is 4. The molecule has 2 aliphatic rings. The highest BCUT2D eigenvalue weighted by Crippen LogP contribution is 2.36. The van der Waals surface area contributed by atoms with Crippen LogP contribution in [0.25, 0.3) is 0 Å². The number of fused-ring (bicyclic) bond motifs is 1. The molecule has 1 atom stereocenters. The van der Waals surface area contributed by atoms with Crippen LogP contribution in [0.1, 0.15) is 30.9 Å². The molecular weight excluding hydrogens is 439 g/mol. The van der Waals surface area contributed by atoms with Gasteiger partial charge in [-0.1, -0.05) is 0 Å². The van der Waals surface area contributed by atoms with E-state index in [1.807, 2.05) is 31.2 Å². The van der Waals surface area contributed by atoms with E-state index < -0.39 is 5.82 Å². The number of piperidine rings is 1. The van der Waals surface area contributed by atoms with Gasteiger partial charge < -0.3 is 19.5 Å². The van der Waals surface area contributed by atoms with Gasteiger partial charge in [0.05, 0.1) is 32.6 Å². The molecule has 34 heavy (non-hydrogen) atoms. The summed E-state index contributed by atoms with van der Waals surface area (Å²) in [6.07, 6.45) is 3.07. The van der Waals surface area contributed by atoms with Crippen LogP contribution in [0.15, 0.2) is 35.4 Å². The number of nitrogens with zero attached hydrogens (tertiary/aromatic N) is 4. The Hall–Kier alpha value is -3.33. The zero-order chi connectivity index (χ0) is 24.4. The molecule has 0 bridgehead atoms. The Balaban J connectivity index is 1.52. The minimum Gasteiger partial charge on any atom is -0.493 e. The predicted molar refractivity (Wildman–Crippen MR) is 130 cm³/mol. The number of carbonyl (C=O) groups is 1. The fourth-order valence-electron chi connectivity index (χ4n) is 4.47. The Kier molecular flexibility index (Phi) is 6.92. The van der Waals surface area contributed by atoms with Crippen LogP contribution >= 0.6 is 0 Å². The molecule has 1 unspecified atom stereocenters. The normalized spacial score (nSPS) is 18.4. The van der Waals surface area contributed by atoms with Crippen LogP contribution in [0, 0.1) is 5.82 Å². The van der Waals surface area contributed by atoms with Crippen molar-refractivity contribution in [3.8, 4) is 11.5 Å². The summed E-state index contributed by atoms with van der Waals surface area (Å²) in [5.74, 6) is -0.239. The summed E-state index contributed by atoms with van der Waals surface area (Å²) in [5, 5.41) is 15.4. The first kappa shape index (κ1) is 23.8. The van der Waals surface area contributed by atoms with Crippen LogP contribution in [-0.4, -0.2) is 68.9 Å². The molecular formula is C25H31FN4O4. The van der Waals surface area contributed by atoms with Gasteiger partial charge in [-0.2, -0.15) is 5.10 Å². The van der Waals surface area contributed by atoms with Crippen LogP contribution in [0.4, 0.5) is 20.6 Å². The van der Waals surface area contributed by atoms with Gasteiger partial charge in [-0.05, 0) is 62.1 Å². The Morgan fingerprint density at radius 3 is 2.47 bits per heavy atom. The molecule has 9 heteroatoms. The third-order valence-electron chi connectivity index (χ3n) is 6.53. The van der Waals surface area contributed by atoms with Crippen LogP contribution in [0.3, 0.4) is 0 Å². The van der Waals surface area contributed by atoms with Crippen LogP contribution in [0.5, 0.6) is 11.5 Å². The number of hydrogen-bond acceptors (Lipinski definition) is 6. The average Bonchev–Trinajstić information content (AvgIpc) is 3.02. The number of amides is 2. The van der Waals surface area contributed by atoms with Crippen molar-refractivity contribution in [3.05, 3.63) is 47.3 Å². The summed E-state index contributed by atoms with van der Waals surface area (Å²) in [7, 11) is 4.54. The van der Waals surface area contributed by atoms with Crippen molar-refractivity contribution >= 4 is 23.6 Å². The largest absolute Gasteiger partial charge is 0.493 e. The zero-order valence-electron chi connectivity index (χ0n) is 20.0. The zero-order valence-corrected chi connectivity index (χ0v) is 20.0. The summed E-state index contributed by atoms with van der Waals surface area (Å²) >= 11 is 0. The molecule has 2 aromatic rings. The van der Waals surface area contributed by atoms with Crippen LogP contribution < -0.4 is 19.3 Å². The van der Waals surface area contributed by atoms with Gasteiger partial charge in [-0.25, -0.2) is 14.2 Å². The van der Waals surface area contributed by atoms with Gasteiger partial charge in [0.1, 0.15) is 0 Å². The lowest BCUT2D eigenvalue weighted by molar-refractivity contribution is 0.145. The maximum absolute atomic E-state index is 15.0. The van der Waals surface area contributed by atoms with Crippen molar-refractivity contribution in [1.82, 2.24) is 5.01 Å². The number of carbonyl (C=O) groups excluding carboxylic acids is 1. The molecule has 2 aliphatic heterocycles. The van der Waals surface area contributed by atoms with E-state index in [2.05, 4.69) is 10.0 Å². The van der Waals surface area contributed by atoms with E-state index in [0.29, 0.717) is 23.3 Å². The minimum atomic E-state index is -0.559. The molecule has 0 aliphatic carbocycles. The number of urea groups is 1. The molecule has 2 heterocycles. The second-order valence-electron chi connectivity index (χ2n) is 8.72. The predicted octanol–water partition coefficient (Wildman–Crippen LogP) is 3.64. The third kappa shape index (κ3) is 4.52. The number of benzene rings is 2. The summed E-state index contributed by atoms with van der Waals surface area (Å²) < 4.78 is 25.5. The van der Waals surface area contributed by atoms with Gasteiger partial charge in [-0.3, -0.25) is 4.90 Å². The van der Waals surface area contributed by atoms with E-state index in [0.717, 1.165) is 37.3 Å². The fraction of sp³-hybridized carbons (Fsp3) is 0.440. The summed E-state index contributed by atoms with van der Waals surface area (Å²) in [4.78, 5) is 17.1. The van der Waals surface area contributed by atoms with Crippen LogP contribution in [0.2, 0.25) is 0 Å². The number of aliphatic hydroxyl groups excluding tert-OH is 1. The van der Waals surface area contributed by atoms with Crippen molar-refractivity contribution in [2.75, 3.05) is 44.2 Å². The molecule has 8 nitrogen and oxygen atoms in total. The molecule has 0 radical (unpaired) electrons. The number of hydrazone groups is 1. The van der Waals surface area contributed by atoms with E-state index >= 15 is 4.39 Å². The molecule has 1 fully saturated rings. The highest BCUT2D eigenvalue weighted by molar-refractivity contribution is 5.93. The number of ether oxygens (including phenoxy) is 2. The number of anilines is 2. The van der Waals surface area contributed by atoms with Crippen molar-refractivity contribution in [1.29, 1.82) is 0 Å². The van der Waals surface area contributed by atoms with Crippen molar-refractivity contribution in [3.63, 3.8) is 0 Å². The molecule has 2 amide bonds. The van der Waals surface area contributed by atoms with E-state index in [1.54, 1.807) is 13.1 Å². The topological polar surface area (TPSA) is 77.8 Å². The van der Waals surface area contributed by atoms with Gasteiger partial charge in [0.25, 0.3) is 0 Å². The van der Waals surface area contributed by atoms with Gasteiger partial charge >= 0.3 is 6.03 Å². The first-order valence-electron chi connectivity index (χ1n) is 11.4. The number of halogens is 1. The van der Waals surface area contributed by atoms with E-state index in [9.17, 15) is 9.90 Å². The van der Waals surface area contributed by atoms with Gasteiger partial charge in [-0.15, -0.1) is 0 Å². The highest BCUT2D eigenvalue weighted by Gasteiger charge is 2.29. The standard InChI is InChI=1S/C25H31FN4O4/c1-16-13-17-14-22(33-3)24(34-4)23(26)21(17)15-27-30(16)25(32)28(2)18-5-7-19(8-6-18)29-11-9-20(31)10-12-29/h5-8,14-16,20,31H,9-13H2,1-4H3. The number of methoxy groups -OCH3 is 2. The Labute approximate surface area is 199 Å². The van der Waals surface area contributed by atoms with Gasteiger partial charge in [0.2, 0.25) is 0 Å². The van der Waals surface area contributed by atoms with E-state index in [-0.39, 0.29) is 23.9 Å². The van der Waals surface area contributed by atoms with E-state index in [4.69, 9.17) is 9.47 Å². The van der Waals surface area contributed by atoms with Crippen molar-refractivity contribution in [2.24, 2.45) is 5.10 Å². The first-order valence-corrected chi connectivity index (χ1v) is 11.4. The monoisotopic (exact) mass is 470 g/mol. The van der Waals surface area contributed by atoms with E-state index in [1.165, 1.54) is 30.3 Å². The molecule has 1 N–H and O–H groups in total. The van der Waals surface area contributed by atoms with Crippen molar-refractivity contribution in [2.45, 2.75) is 38.3 Å². The maximum Gasteiger partial charge on any atom is 0.344 e. The molecule has 2 aromatic carbocycles. The summed E-state index contributed by atoms with van der Waals surface area (Å²) in [6, 6.07) is 8.87. The van der Waals surface area contributed by atoms with Gasteiger partial charge in [0, 0.05) is 37.1 Å². The molecule has 1 saturated heterocycles. The summed E-state index contributed by atoms with van der Waals surface area (Å²) in [6.45, 7) is 3.49.